The molecule has 5 nitrogen and oxygen atoms in total. The fraction of sp³-hybridized carbons (Fsp3) is 0.667. The molecular weight excluding hydrogens is 184 g/mol. The molecule has 0 aliphatic heterocycles. The molecule has 0 aromatic carbocycles. The number of aliphatic carboxylic acids is 2. The maximum absolute atomic E-state index is 9.64. The van der Waals surface area contributed by atoms with Crippen molar-refractivity contribution in [3.8, 4) is 0 Å². The van der Waals surface area contributed by atoms with E-state index in [9.17, 15) is 14.1 Å². The highest BCUT2D eigenvalue weighted by atomic mass is 32.2. The Morgan fingerprint density at radius 1 is 1.17 bits per heavy atom. The Morgan fingerprint density at radius 2 is 1.33 bits per heavy atom. The van der Waals surface area contributed by atoms with Crippen LogP contribution < -0.4 is 0 Å². The topological polar surface area (TPSA) is 97.7 Å². The monoisotopic (exact) mass is 196 g/mol. The summed E-state index contributed by atoms with van der Waals surface area (Å²) in [5, 5.41) is 15.8. The van der Waals surface area contributed by atoms with Gasteiger partial charge in [0.1, 0.15) is 0 Å². The predicted octanol–water partition coefficient (Wildman–Crippen LogP) is -0.0695. The summed E-state index contributed by atoms with van der Waals surface area (Å²) in [6, 6.07) is 0. The molecule has 0 rings (SSSR count). The third-order valence-electron chi connectivity index (χ3n) is 0.553. The van der Waals surface area contributed by atoms with Crippen LogP contribution in [0.25, 0.3) is 0 Å². The fourth-order valence-corrected chi connectivity index (χ4v) is 0.214. The van der Waals surface area contributed by atoms with Gasteiger partial charge in [0, 0.05) is 0 Å². The molecule has 2 N–H and O–H groups in total. The highest BCUT2D eigenvalue weighted by Crippen LogP contribution is 1.86. The maximum atomic E-state index is 9.64. The lowest BCUT2D eigenvalue weighted by Gasteiger charge is -1.87. The molecule has 0 aliphatic carbocycles. The number of hydrogen-bond donors (Lipinski definition) is 2. The van der Waals surface area contributed by atoms with Crippen molar-refractivity contribution in [2.24, 2.45) is 0 Å². The van der Waals surface area contributed by atoms with E-state index in [2.05, 4.69) is 0 Å². The van der Waals surface area contributed by atoms with Crippen LogP contribution in [0.2, 0.25) is 0 Å². The van der Waals surface area contributed by atoms with Crippen molar-refractivity contribution >= 4 is 23.1 Å². The Labute approximate surface area is 73.6 Å². The molecular formula is C6H12O5S. The van der Waals surface area contributed by atoms with Crippen molar-refractivity contribution in [1.82, 2.24) is 0 Å². The van der Waals surface area contributed by atoms with Crippen LogP contribution in [-0.2, 0) is 20.8 Å². The van der Waals surface area contributed by atoms with Crippen LogP contribution >= 0.6 is 0 Å². The number of hydrogen-bond acceptors (Lipinski definition) is 3. The maximum Gasteiger partial charge on any atom is 0.303 e. The van der Waals surface area contributed by atoms with Crippen LogP contribution in [0.15, 0.2) is 0 Å². The van der Waals surface area contributed by atoms with Crippen LogP contribution in [0.1, 0.15) is 12.8 Å². The smallest absolute Gasteiger partial charge is 0.303 e. The average molecular weight is 196 g/mol. The largest absolute Gasteiger partial charge is 0.617 e. The zero-order valence-corrected chi connectivity index (χ0v) is 7.76. The summed E-state index contributed by atoms with van der Waals surface area (Å²) >= 11 is -0.611. The molecule has 0 aromatic heterocycles. The molecule has 0 heterocycles. The van der Waals surface area contributed by atoms with Crippen LogP contribution in [0.4, 0.5) is 0 Å². The predicted molar refractivity (Wildman–Crippen MR) is 44.5 cm³/mol. The van der Waals surface area contributed by atoms with E-state index in [4.69, 9.17) is 10.2 Å². The van der Waals surface area contributed by atoms with Crippen LogP contribution in [-0.4, -0.2) is 39.2 Å². The number of carboxylic acid groups (broad SMARTS) is 2. The van der Waals surface area contributed by atoms with Crippen LogP contribution in [0, 0.1) is 0 Å². The summed E-state index contributed by atoms with van der Waals surface area (Å²) in [5.41, 5.74) is 0. The second kappa shape index (κ2) is 8.35. The van der Waals surface area contributed by atoms with Gasteiger partial charge in [-0.1, -0.05) is 11.2 Å². The van der Waals surface area contributed by atoms with Gasteiger partial charge in [-0.25, -0.2) is 0 Å². The first-order valence-corrected chi connectivity index (χ1v) is 5.01. The Hall–Kier alpha value is -0.750. The quantitative estimate of drug-likeness (QED) is 0.616. The molecule has 0 aromatic rings. The van der Waals surface area contributed by atoms with Crippen LogP contribution in [0.3, 0.4) is 0 Å². The third-order valence-corrected chi connectivity index (χ3v) is 0.553. The normalized spacial score (nSPS) is 8.67. The number of carbonyl (C=O) groups is 2. The van der Waals surface area contributed by atoms with Crippen LogP contribution in [0.5, 0.6) is 0 Å². The van der Waals surface area contributed by atoms with E-state index in [1.807, 2.05) is 0 Å². The van der Waals surface area contributed by atoms with Gasteiger partial charge in [-0.2, -0.15) is 0 Å². The Morgan fingerprint density at radius 3 is 1.42 bits per heavy atom. The zero-order chi connectivity index (χ0) is 10.1. The molecule has 0 radical (unpaired) electrons. The van der Waals surface area contributed by atoms with E-state index in [1.54, 1.807) is 12.5 Å². The van der Waals surface area contributed by atoms with Gasteiger partial charge < -0.3 is 14.8 Å². The van der Waals surface area contributed by atoms with Gasteiger partial charge in [-0.15, -0.1) is 0 Å². The van der Waals surface area contributed by atoms with E-state index < -0.39 is 23.1 Å². The lowest BCUT2D eigenvalue weighted by Crippen LogP contribution is -2.00. The molecule has 0 fully saturated rings. The van der Waals surface area contributed by atoms with E-state index in [0.29, 0.717) is 0 Å². The second-order valence-corrected chi connectivity index (χ2v) is 3.51. The minimum Gasteiger partial charge on any atom is -0.617 e. The standard InChI is InChI=1S/C4H6O4.C2H6OS/c5-3(6)1-2-4(7)8;1-4(2)3/h1-2H2,(H,5,6)(H,7,8);1-2H3. The van der Waals surface area contributed by atoms with E-state index in [-0.39, 0.29) is 12.8 Å². The van der Waals surface area contributed by atoms with Crippen molar-refractivity contribution in [2.75, 3.05) is 12.5 Å². The first-order valence-electron chi connectivity index (χ1n) is 3.05. The number of rotatable bonds is 3. The molecule has 72 valence electrons. The lowest BCUT2D eigenvalue weighted by molar-refractivity contribution is -0.143. The van der Waals surface area contributed by atoms with E-state index >= 15 is 0 Å². The Bertz CT molecular complexity index is 128. The zero-order valence-electron chi connectivity index (χ0n) is 6.94. The molecule has 0 saturated carbocycles. The minimum absolute atomic E-state index is 0.296. The first-order chi connectivity index (χ1) is 5.36. The second-order valence-electron chi connectivity index (χ2n) is 2.03. The lowest BCUT2D eigenvalue weighted by atomic mass is 10.3. The van der Waals surface area contributed by atoms with Crippen molar-refractivity contribution in [3.05, 3.63) is 0 Å². The van der Waals surface area contributed by atoms with Crippen molar-refractivity contribution < 1.29 is 24.4 Å². The molecule has 0 spiro atoms. The summed E-state index contributed by atoms with van der Waals surface area (Å²) in [5.74, 6) is -2.15. The molecule has 0 amide bonds. The molecule has 12 heavy (non-hydrogen) atoms. The molecule has 0 saturated heterocycles. The summed E-state index contributed by atoms with van der Waals surface area (Å²) < 4.78 is 9.56. The highest BCUT2D eigenvalue weighted by molar-refractivity contribution is 7.89. The SMILES string of the molecule is C[S+](C)[O-].O=C(O)CCC(=O)O. The van der Waals surface area contributed by atoms with Gasteiger partial charge >= 0.3 is 11.9 Å². The molecule has 0 aliphatic rings. The molecule has 6 heteroatoms. The number of carboxylic acids is 2. The Balaban J connectivity index is 0. The average Bonchev–Trinajstić information content (AvgIpc) is 1.82. The van der Waals surface area contributed by atoms with Gasteiger partial charge in [0.2, 0.25) is 0 Å². The van der Waals surface area contributed by atoms with E-state index in [0.717, 1.165) is 0 Å². The van der Waals surface area contributed by atoms with Gasteiger partial charge in [0.15, 0.2) is 0 Å². The third kappa shape index (κ3) is 34.9. The summed E-state index contributed by atoms with van der Waals surface area (Å²) in [4.78, 5) is 19.3. The molecule has 0 bridgehead atoms. The first kappa shape index (κ1) is 13.8. The summed E-state index contributed by atoms with van der Waals surface area (Å²) in [6.07, 6.45) is 2.69. The highest BCUT2D eigenvalue weighted by Gasteiger charge is 2.00. The Kier molecular flexibility index (Phi) is 9.61. The van der Waals surface area contributed by atoms with E-state index in [1.165, 1.54) is 0 Å². The minimum atomic E-state index is -1.08. The molecule has 0 unspecified atom stereocenters. The summed E-state index contributed by atoms with van der Waals surface area (Å²) in [7, 11) is 0. The van der Waals surface area contributed by atoms with Crippen molar-refractivity contribution in [1.29, 1.82) is 0 Å². The fourth-order valence-electron chi connectivity index (χ4n) is 0.214. The van der Waals surface area contributed by atoms with Gasteiger partial charge in [0.05, 0.1) is 25.4 Å². The van der Waals surface area contributed by atoms with Crippen molar-refractivity contribution in [2.45, 2.75) is 12.8 Å². The van der Waals surface area contributed by atoms with Gasteiger partial charge in [-0.05, 0) is 0 Å². The van der Waals surface area contributed by atoms with Crippen molar-refractivity contribution in [3.63, 3.8) is 0 Å². The van der Waals surface area contributed by atoms with Gasteiger partial charge in [-0.3, -0.25) is 9.59 Å². The van der Waals surface area contributed by atoms with Gasteiger partial charge in [0.25, 0.3) is 0 Å². The molecule has 0 atom stereocenters. The summed E-state index contributed by atoms with van der Waals surface area (Å²) in [6.45, 7) is 0.